The molecule has 2 fully saturated rings. The number of fused-ring (bicyclic) bond motifs is 1. The molecule has 1 saturated carbocycles. The number of rotatable bonds is 10. The van der Waals surface area contributed by atoms with Crippen molar-refractivity contribution in [3.05, 3.63) is 71.8 Å². The van der Waals surface area contributed by atoms with E-state index in [9.17, 15) is 9.59 Å². The third kappa shape index (κ3) is 6.22. The third-order valence-corrected chi connectivity index (χ3v) is 8.25. The molecule has 220 valence electrons. The van der Waals surface area contributed by atoms with Gasteiger partial charge in [0.15, 0.2) is 11.5 Å². The van der Waals surface area contributed by atoms with Crippen molar-refractivity contribution in [3.8, 4) is 22.6 Å². The molecule has 3 aliphatic rings. The Hall–Kier alpha value is -4.08. The smallest absolute Gasteiger partial charge is 0.254 e. The Bertz CT molecular complexity index is 1430. The summed E-state index contributed by atoms with van der Waals surface area (Å²) in [5.74, 6) is 1.34. The second kappa shape index (κ2) is 12.8. The summed E-state index contributed by atoms with van der Waals surface area (Å²) >= 11 is 0. The number of nitrogens with two attached hydrogens (primary N) is 1. The maximum atomic E-state index is 13.6. The van der Waals surface area contributed by atoms with Crippen molar-refractivity contribution in [1.29, 1.82) is 0 Å². The van der Waals surface area contributed by atoms with Gasteiger partial charge in [-0.2, -0.15) is 0 Å². The molecule has 0 radical (unpaired) electrons. The van der Waals surface area contributed by atoms with Gasteiger partial charge in [-0.3, -0.25) is 9.59 Å². The molecule has 42 heavy (non-hydrogen) atoms. The molecule has 6 rings (SSSR count). The molecule has 0 unspecified atom stereocenters. The van der Waals surface area contributed by atoms with Crippen molar-refractivity contribution < 1.29 is 23.8 Å². The lowest BCUT2D eigenvalue weighted by atomic mass is 9.85. The monoisotopic (exact) mass is 570 g/mol. The summed E-state index contributed by atoms with van der Waals surface area (Å²) in [6.07, 6.45) is 3.71. The highest BCUT2D eigenvalue weighted by Gasteiger charge is 2.27. The zero-order chi connectivity index (χ0) is 28.9. The number of nitrogens with one attached hydrogen (secondary N) is 1. The number of hydrogen-bond donors (Lipinski definition) is 2. The van der Waals surface area contributed by atoms with Crippen LogP contribution in [0.2, 0.25) is 0 Å². The summed E-state index contributed by atoms with van der Waals surface area (Å²) in [4.78, 5) is 30.6. The second-order valence-electron chi connectivity index (χ2n) is 11.1. The van der Waals surface area contributed by atoms with Gasteiger partial charge < -0.3 is 35.1 Å². The summed E-state index contributed by atoms with van der Waals surface area (Å²) in [6, 6.07) is 19.8. The Kier molecular flexibility index (Phi) is 8.58. The van der Waals surface area contributed by atoms with Crippen LogP contribution >= 0.6 is 0 Å². The molecular weight excluding hydrogens is 532 g/mol. The number of nitrogens with zero attached hydrogens (tertiary/aromatic N) is 2. The summed E-state index contributed by atoms with van der Waals surface area (Å²) in [5.41, 5.74) is 11.3. The van der Waals surface area contributed by atoms with Gasteiger partial charge in [-0.25, -0.2) is 0 Å². The summed E-state index contributed by atoms with van der Waals surface area (Å²) in [5, 5.41) is 3.24. The van der Waals surface area contributed by atoms with Crippen molar-refractivity contribution in [3.63, 3.8) is 0 Å². The summed E-state index contributed by atoms with van der Waals surface area (Å²) in [7, 11) is 0. The van der Waals surface area contributed by atoms with Crippen LogP contribution in [0.5, 0.6) is 11.5 Å². The van der Waals surface area contributed by atoms with Crippen LogP contribution < -0.4 is 25.4 Å². The number of anilines is 2. The Morgan fingerprint density at radius 1 is 0.952 bits per heavy atom. The highest BCUT2D eigenvalue weighted by atomic mass is 16.7. The van der Waals surface area contributed by atoms with Crippen LogP contribution in [0.4, 0.5) is 11.4 Å². The quantitative estimate of drug-likeness (QED) is 0.366. The van der Waals surface area contributed by atoms with Crippen LogP contribution in [0, 0.1) is 5.92 Å². The molecule has 0 atom stereocenters. The molecule has 2 aliphatic heterocycles. The standard InChI is InChI=1S/C33H38N4O5/c34-12-3-13-37(33(39)27-9-11-30-31(20-27)42-22-41-30)21-23-4-1-7-25(18-23)26-8-10-29(36-14-16-40-17-15-36)28(19-26)35-32(38)24-5-2-6-24/h1,4,7-11,18-20,24H,2-3,5-6,12-17,21-22,34H2,(H,35,38). The topological polar surface area (TPSA) is 106 Å². The van der Waals surface area contributed by atoms with Crippen LogP contribution in [0.15, 0.2) is 60.7 Å². The van der Waals surface area contributed by atoms with E-state index in [1.54, 1.807) is 18.2 Å². The Balaban J connectivity index is 1.25. The molecular formula is C33H38N4O5. The van der Waals surface area contributed by atoms with Gasteiger partial charge in [0.05, 0.1) is 24.6 Å². The maximum Gasteiger partial charge on any atom is 0.254 e. The first kappa shape index (κ1) is 28.1. The number of hydrogen-bond acceptors (Lipinski definition) is 7. The van der Waals surface area contributed by atoms with Crippen molar-refractivity contribution in [1.82, 2.24) is 4.90 Å². The van der Waals surface area contributed by atoms with E-state index in [1.807, 2.05) is 17.0 Å². The Labute approximate surface area is 246 Å². The van der Waals surface area contributed by atoms with Crippen LogP contribution in [0.3, 0.4) is 0 Å². The number of amides is 2. The first-order chi connectivity index (χ1) is 20.6. The number of benzene rings is 3. The van der Waals surface area contributed by atoms with E-state index in [1.165, 1.54) is 0 Å². The van der Waals surface area contributed by atoms with Crippen LogP contribution in [0.1, 0.15) is 41.6 Å². The lowest BCUT2D eigenvalue weighted by Crippen LogP contribution is -2.37. The predicted molar refractivity (Wildman–Crippen MR) is 162 cm³/mol. The minimum Gasteiger partial charge on any atom is -0.454 e. The largest absolute Gasteiger partial charge is 0.454 e. The number of carbonyl (C=O) groups is 2. The van der Waals surface area contributed by atoms with Crippen molar-refractivity contribution >= 4 is 23.2 Å². The van der Waals surface area contributed by atoms with E-state index in [0.717, 1.165) is 60.4 Å². The Morgan fingerprint density at radius 3 is 2.55 bits per heavy atom. The van der Waals surface area contributed by atoms with E-state index >= 15 is 0 Å². The maximum absolute atomic E-state index is 13.6. The van der Waals surface area contributed by atoms with Gasteiger partial charge in [0, 0.05) is 37.7 Å². The number of morpholine rings is 1. The van der Waals surface area contributed by atoms with Gasteiger partial charge in [-0.1, -0.05) is 30.7 Å². The highest BCUT2D eigenvalue weighted by Crippen LogP contribution is 2.36. The summed E-state index contributed by atoms with van der Waals surface area (Å²) < 4.78 is 16.5. The Morgan fingerprint density at radius 2 is 1.76 bits per heavy atom. The van der Waals surface area contributed by atoms with Gasteiger partial charge in [-0.05, 0) is 78.9 Å². The van der Waals surface area contributed by atoms with E-state index in [-0.39, 0.29) is 24.5 Å². The van der Waals surface area contributed by atoms with Crippen LogP contribution in [0.25, 0.3) is 11.1 Å². The zero-order valence-corrected chi connectivity index (χ0v) is 23.8. The van der Waals surface area contributed by atoms with Gasteiger partial charge in [-0.15, -0.1) is 0 Å². The third-order valence-electron chi connectivity index (χ3n) is 8.25. The molecule has 3 aromatic carbocycles. The number of ether oxygens (including phenoxy) is 3. The molecule has 3 N–H and O–H groups in total. The van der Waals surface area contributed by atoms with Gasteiger partial charge in [0.2, 0.25) is 12.7 Å². The minimum atomic E-state index is -0.0805. The van der Waals surface area contributed by atoms with Crippen molar-refractivity contribution in [2.45, 2.75) is 32.2 Å². The molecule has 0 aromatic heterocycles. The van der Waals surface area contributed by atoms with Crippen molar-refractivity contribution in [2.24, 2.45) is 11.7 Å². The minimum absolute atomic E-state index is 0.0805. The molecule has 0 spiro atoms. The molecule has 3 aromatic rings. The molecule has 2 amide bonds. The van der Waals surface area contributed by atoms with Gasteiger partial charge in [0.25, 0.3) is 5.91 Å². The van der Waals surface area contributed by atoms with Crippen LogP contribution in [-0.4, -0.2) is 62.9 Å². The average molecular weight is 571 g/mol. The molecule has 1 aliphatic carbocycles. The van der Waals surface area contributed by atoms with Crippen LogP contribution in [-0.2, 0) is 16.1 Å². The average Bonchev–Trinajstić information content (AvgIpc) is 3.47. The van der Waals surface area contributed by atoms with E-state index < -0.39 is 0 Å². The second-order valence-corrected chi connectivity index (χ2v) is 11.1. The molecule has 0 bridgehead atoms. The van der Waals surface area contributed by atoms with E-state index in [0.29, 0.717) is 56.3 Å². The normalized spacial score (nSPS) is 16.2. The highest BCUT2D eigenvalue weighted by molar-refractivity contribution is 5.97. The summed E-state index contributed by atoms with van der Waals surface area (Å²) in [6.45, 7) is 4.56. The first-order valence-electron chi connectivity index (χ1n) is 14.8. The fourth-order valence-electron chi connectivity index (χ4n) is 5.62. The fourth-order valence-corrected chi connectivity index (χ4v) is 5.62. The lowest BCUT2D eigenvalue weighted by Gasteiger charge is -2.32. The molecule has 9 nitrogen and oxygen atoms in total. The van der Waals surface area contributed by atoms with Crippen molar-refractivity contribution in [2.75, 3.05) is 56.4 Å². The fraction of sp³-hybridized carbons (Fsp3) is 0.394. The van der Waals surface area contributed by atoms with Gasteiger partial charge >= 0.3 is 0 Å². The first-order valence-corrected chi connectivity index (χ1v) is 14.8. The zero-order valence-electron chi connectivity index (χ0n) is 23.8. The molecule has 9 heteroatoms. The lowest BCUT2D eigenvalue weighted by molar-refractivity contribution is -0.122. The molecule has 2 heterocycles. The number of carbonyl (C=O) groups excluding carboxylic acids is 2. The van der Waals surface area contributed by atoms with E-state index in [2.05, 4.69) is 40.5 Å². The van der Waals surface area contributed by atoms with Gasteiger partial charge in [0.1, 0.15) is 0 Å². The predicted octanol–water partition coefficient (Wildman–Crippen LogP) is 4.65. The molecule has 1 saturated heterocycles. The van der Waals surface area contributed by atoms with E-state index in [4.69, 9.17) is 19.9 Å². The SMILES string of the molecule is NCCCN(Cc1cccc(-c2ccc(N3CCOCC3)c(NC(=O)C3CCC3)c2)c1)C(=O)c1ccc2c(c1)OCO2.